The Bertz CT molecular complexity index is 614. The Balaban J connectivity index is 2.41. The van der Waals surface area contributed by atoms with E-state index in [1.54, 1.807) is 0 Å². The minimum absolute atomic E-state index is 0.0183. The first-order valence-electron chi connectivity index (χ1n) is 5.72. The van der Waals surface area contributed by atoms with Gasteiger partial charge in [-0.25, -0.2) is 8.42 Å². The summed E-state index contributed by atoms with van der Waals surface area (Å²) in [5, 5.41) is 11.9. The largest absolute Gasteiger partial charge is 0.506 e. The van der Waals surface area contributed by atoms with E-state index in [1.807, 2.05) is 0 Å². The summed E-state index contributed by atoms with van der Waals surface area (Å²) in [6, 6.07) is 2.90. The molecule has 0 radical (unpaired) electrons. The first-order valence-corrected chi connectivity index (χ1v) is 7.16. The molecular formula is C11H15N3O4S. The van der Waals surface area contributed by atoms with E-state index in [2.05, 4.69) is 5.32 Å². The van der Waals surface area contributed by atoms with Crippen molar-refractivity contribution in [1.82, 2.24) is 9.62 Å². The van der Waals surface area contributed by atoms with Gasteiger partial charge in [-0.3, -0.25) is 4.79 Å². The summed E-state index contributed by atoms with van der Waals surface area (Å²) >= 11 is 0. The molecule has 1 heterocycles. The average molecular weight is 285 g/mol. The molecule has 0 aliphatic carbocycles. The Kier molecular flexibility index (Phi) is 3.38. The molecule has 1 aromatic rings. The lowest BCUT2D eigenvalue weighted by Gasteiger charge is -2.31. The molecule has 104 valence electrons. The number of piperazine rings is 1. The number of carbonyl (C=O) groups excluding carboxylic acids is 1. The van der Waals surface area contributed by atoms with Crippen molar-refractivity contribution in [2.24, 2.45) is 0 Å². The number of benzene rings is 1. The number of aromatic hydroxyl groups is 1. The SMILES string of the molecule is CC1C(=O)NCCN1S(=O)(=O)c1ccc(O)c(N)c1. The summed E-state index contributed by atoms with van der Waals surface area (Å²) in [5.74, 6) is -0.509. The molecule has 19 heavy (non-hydrogen) atoms. The van der Waals surface area contributed by atoms with Gasteiger partial charge in [-0.2, -0.15) is 4.31 Å². The van der Waals surface area contributed by atoms with Gasteiger partial charge in [0.25, 0.3) is 0 Å². The molecule has 1 fully saturated rings. The highest BCUT2D eigenvalue weighted by atomic mass is 32.2. The van der Waals surface area contributed by atoms with Crippen LogP contribution in [0, 0.1) is 0 Å². The van der Waals surface area contributed by atoms with Gasteiger partial charge in [0.05, 0.1) is 10.6 Å². The van der Waals surface area contributed by atoms with Crippen LogP contribution in [0.2, 0.25) is 0 Å². The van der Waals surface area contributed by atoms with Crippen LogP contribution in [-0.4, -0.2) is 42.9 Å². The molecule has 8 heteroatoms. The molecule has 0 saturated carbocycles. The Morgan fingerprint density at radius 3 is 2.79 bits per heavy atom. The predicted octanol–water partition coefficient (Wildman–Crippen LogP) is -0.517. The minimum atomic E-state index is -3.80. The fraction of sp³-hybridized carbons (Fsp3) is 0.364. The highest BCUT2D eigenvalue weighted by Gasteiger charge is 2.35. The monoisotopic (exact) mass is 285 g/mol. The van der Waals surface area contributed by atoms with Gasteiger partial charge in [-0.1, -0.05) is 0 Å². The molecule has 1 aliphatic heterocycles. The maximum absolute atomic E-state index is 12.4. The number of phenolic OH excluding ortho intramolecular Hbond substituents is 1. The molecule has 0 bridgehead atoms. The number of nitrogens with one attached hydrogen (secondary N) is 1. The van der Waals surface area contributed by atoms with Gasteiger partial charge >= 0.3 is 0 Å². The lowest BCUT2D eigenvalue weighted by Crippen LogP contribution is -2.55. The van der Waals surface area contributed by atoms with Gasteiger partial charge in [0.2, 0.25) is 15.9 Å². The first-order chi connectivity index (χ1) is 8.84. The number of carbonyl (C=O) groups is 1. The lowest BCUT2D eigenvalue weighted by molar-refractivity contribution is -0.126. The third kappa shape index (κ3) is 2.36. The molecule has 1 atom stereocenters. The lowest BCUT2D eigenvalue weighted by atomic mass is 10.2. The Hall–Kier alpha value is -1.80. The molecule has 1 aromatic carbocycles. The highest BCUT2D eigenvalue weighted by molar-refractivity contribution is 7.89. The number of anilines is 1. The fourth-order valence-electron chi connectivity index (χ4n) is 1.92. The number of nitrogens with two attached hydrogens (primary N) is 1. The summed E-state index contributed by atoms with van der Waals surface area (Å²) in [6.07, 6.45) is 0. The maximum atomic E-state index is 12.4. The van der Waals surface area contributed by atoms with E-state index in [0.717, 1.165) is 4.31 Å². The topological polar surface area (TPSA) is 113 Å². The number of rotatable bonds is 2. The van der Waals surface area contributed by atoms with E-state index in [-0.39, 0.29) is 35.3 Å². The van der Waals surface area contributed by atoms with Crippen molar-refractivity contribution >= 4 is 21.6 Å². The summed E-state index contributed by atoms with van der Waals surface area (Å²) in [5.41, 5.74) is 5.48. The van der Waals surface area contributed by atoms with Crippen LogP contribution < -0.4 is 11.1 Å². The molecule has 2 rings (SSSR count). The fourth-order valence-corrected chi connectivity index (χ4v) is 3.55. The second-order valence-electron chi connectivity index (χ2n) is 4.30. The average Bonchev–Trinajstić information content (AvgIpc) is 2.35. The van der Waals surface area contributed by atoms with E-state index in [9.17, 15) is 18.3 Å². The zero-order valence-electron chi connectivity index (χ0n) is 10.3. The van der Waals surface area contributed by atoms with Gasteiger partial charge in [0.1, 0.15) is 11.8 Å². The van der Waals surface area contributed by atoms with Crippen molar-refractivity contribution in [3.63, 3.8) is 0 Å². The van der Waals surface area contributed by atoms with Crippen LogP contribution in [-0.2, 0) is 14.8 Å². The van der Waals surface area contributed by atoms with Crippen molar-refractivity contribution in [3.8, 4) is 5.75 Å². The number of amides is 1. The van der Waals surface area contributed by atoms with Gasteiger partial charge in [0, 0.05) is 13.1 Å². The van der Waals surface area contributed by atoms with Crippen LogP contribution in [0.25, 0.3) is 0 Å². The number of sulfonamides is 1. The molecule has 1 unspecified atom stereocenters. The molecule has 4 N–H and O–H groups in total. The zero-order valence-corrected chi connectivity index (χ0v) is 11.1. The molecule has 0 spiro atoms. The summed E-state index contributed by atoms with van der Waals surface area (Å²) in [7, 11) is -3.80. The second kappa shape index (κ2) is 4.71. The molecular weight excluding hydrogens is 270 g/mol. The van der Waals surface area contributed by atoms with Crippen LogP contribution >= 0.6 is 0 Å². The number of nitrogens with zero attached hydrogens (tertiary/aromatic N) is 1. The van der Waals surface area contributed by atoms with E-state index in [4.69, 9.17) is 5.73 Å². The number of nitrogen functional groups attached to an aromatic ring is 1. The first kappa shape index (κ1) is 13.6. The quantitative estimate of drug-likeness (QED) is 0.500. The van der Waals surface area contributed by atoms with Crippen molar-refractivity contribution in [2.75, 3.05) is 18.8 Å². The third-order valence-corrected chi connectivity index (χ3v) is 5.01. The van der Waals surface area contributed by atoms with Crippen LogP contribution in [0.4, 0.5) is 5.69 Å². The molecule has 0 aromatic heterocycles. The Morgan fingerprint density at radius 2 is 2.16 bits per heavy atom. The Morgan fingerprint density at radius 1 is 1.47 bits per heavy atom. The van der Waals surface area contributed by atoms with Gasteiger partial charge < -0.3 is 16.2 Å². The smallest absolute Gasteiger partial charge is 0.243 e. The van der Waals surface area contributed by atoms with Crippen LogP contribution in [0.5, 0.6) is 5.75 Å². The highest BCUT2D eigenvalue weighted by Crippen LogP contribution is 2.26. The van der Waals surface area contributed by atoms with Gasteiger partial charge in [0.15, 0.2) is 0 Å². The summed E-state index contributed by atoms with van der Waals surface area (Å²) < 4.78 is 26.0. The van der Waals surface area contributed by atoms with E-state index < -0.39 is 16.1 Å². The van der Waals surface area contributed by atoms with E-state index >= 15 is 0 Å². The normalized spacial score (nSPS) is 21.1. The van der Waals surface area contributed by atoms with Crippen molar-refractivity contribution in [3.05, 3.63) is 18.2 Å². The van der Waals surface area contributed by atoms with Crippen LogP contribution in [0.3, 0.4) is 0 Å². The third-order valence-electron chi connectivity index (χ3n) is 3.05. The van der Waals surface area contributed by atoms with E-state index in [1.165, 1.54) is 25.1 Å². The molecule has 1 saturated heterocycles. The Labute approximate surface area is 111 Å². The van der Waals surface area contributed by atoms with Crippen molar-refractivity contribution in [1.29, 1.82) is 0 Å². The van der Waals surface area contributed by atoms with Crippen molar-refractivity contribution in [2.45, 2.75) is 17.9 Å². The predicted molar refractivity (Wildman–Crippen MR) is 68.9 cm³/mol. The molecule has 1 amide bonds. The maximum Gasteiger partial charge on any atom is 0.243 e. The van der Waals surface area contributed by atoms with Gasteiger partial charge in [-0.05, 0) is 25.1 Å². The van der Waals surface area contributed by atoms with Crippen molar-refractivity contribution < 1.29 is 18.3 Å². The van der Waals surface area contributed by atoms with Crippen LogP contribution in [0.15, 0.2) is 23.1 Å². The standard InChI is InChI=1S/C11H15N3O4S/c1-7-11(16)13-4-5-14(7)19(17,18)8-2-3-10(15)9(12)6-8/h2-3,6-7,15H,4-5,12H2,1H3,(H,13,16). The number of hydrogen-bond donors (Lipinski definition) is 3. The number of hydrogen-bond acceptors (Lipinski definition) is 5. The second-order valence-corrected chi connectivity index (χ2v) is 6.19. The molecule has 1 aliphatic rings. The minimum Gasteiger partial charge on any atom is -0.506 e. The zero-order chi connectivity index (χ0) is 14.2. The van der Waals surface area contributed by atoms with Crippen LogP contribution in [0.1, 0.15) is 6.92 Å². The van der Waals surface area contributed by atoms with Gasteiger partial charge in [-0.15, -0.1) is 0 Å². The summed E-state index contributed by atoms with van der Waals surface area (Å²) in [4.78, 5) is 11.5. The number of phenols is 1. The van der Waals surface area contributed by atoms with E-state index in [0.29, 0.717) is 0 Å². The molecule has 7 nitrogen and oxygen atoms in total. The summed E-state index contributed by atoms with van der Waals surface area (Å²) in [6.45, 7) is 2.00.